The van der Waals surface area contributed by atoms with Crippen LogP contribution >= 0.6 is 0 Å². The van der Waals surface area contributed by atoms with Crippen molar-refractivity contribution in [3.8, 4) is 22.3 Å². The van der Waals surface area contributed by atoms with Crippen LogP contribution in [-0.4, -0.2) is 11.1 Å². The highest BCUT2D eigenvalue weighted by Gasteiger charge is 2.70. The number of benzene rings is 8. The molecule has 0 bridgehead atoms. The molecule has 7 aliphatic rings. The molecule has 8 aromatic rings. The average Bonchev–Trinajstić information content (AvgIpc) is 4.00. The monoisotopic (exact) mass is 1000 g/mol. The molecule has 2 heteroatoms. The maximum Gasteiger partial charge on any atom is 0.0904 e. The van der Waals surface area contributed by atoms with Crippen LogP contribution in [0, 0.1) is 5.41 Å². The van der Waals surface area contributed by atoms with Crippen LogP contribution in [0.2, 0.25) is 0 Å². The van der Waals surface area contributed by atoms with Crippen LogP contribution in [0.25, 0.3) is 44.2 Å². The van der Waals surface area contributed by atoms with Gasteiger partial charge >= 0.3 is 0 Å². The zero-order valence-corrected chi connectivity index (χ0v) is 46.1. The number of para-hydroxylation sites is 1. The van der Waals surface area contributed by atoms with Gasteiger partial charge in [0.2, 0.25) is 0 Å². The number of hydrogen-bond acceptors (Lipinski definition) is 2. The fourth-order valence-corrected chi connectivity index (χ4v) is 17.5. The normalized spacial score (nSPS) is 26.1. The first-order chi connectivity index (χ1) is 37.4. The molecule has 0 spiro atoms. The third-order valence-corrected chi connectivity index (χ3v) is 21.2. The van der Waals surface area contributed by atoms with Crippen LogP contribution in [0.5, 0.6) is 0 Å². The minimum absolute atomic E-state index is 0.260. The summed E-state index contributed by atoms with van der Waals surface area (Å²) in [6.45, 7) is 15.6. The molecule has 2 heterocycles. The fourth-order valence-electron chi connectivity index (χ4n) is 17.5. The average molecular weight is 1000 g/mol. The Kier molecular flexibility index (Phi) is 10.3. The summed E-state index contributed by atoms with van der Waals surface area (Å²) >= 11 is 0. The highest BCUT2D eigenvalue weighted by Crippen LogP contribution is 2.76. The summed E-state index contributed by atoms with van der Waals surface area (Å²) in [5.41, 5.74) is 22.3. The predicted molar refractivity (Wildman–Crippen MR) is 325 cm³/mol. The molecule has 8 aromatic carbocycles. The lowest BCUT2D eigenvalue weighted by molar-refractivity contribution is 0.276. The summed E-state index contributed by atoms with van der Waals surface area (Å²) in [6, 6.07) is 70.9. The van der Waals surface area contributed by atoms with Crippen molar-refractivity contribution in [3.63, 3.8) is 0 Å². The third-order valence-electron chi connectivity index (χ3n) is 21.2. The van der Waals surface area contributed by atoms with Crippen molar-refractivity contribution in [3.05, 3.63) is 239 Å². The van der Waals surface area contributed by atoms with Crippen LogP contribution in [0.15, 0.2) is 205 Å². The number of allylic oxidation sites excluding steroid dienone is 2. The van der Waals surface area contributed by atoms with Crippen LogP contribution in [0.1, 0.15) is 151 Å². The van der Waals surface area contributed by atoms with E-state index < -0.39 is 21.9 Å². The Morgan fingerprint density at radius 2 is 1.01 bits per heavy atom. The van der Waals surface area contributed by atoms with Gasteiger partial charge in [0, 0.05) is 44.6 Å². The van der Waals surface area contributed by atoms with Crippen molar-refractivity contribution in [2.75, 3.05) is 9.80 Å². The molecule has 382 valence electrons. The second kappa shape index (κ2) is 16.9. The molecule has 77 heavy (non-hydrogen) atoms. The van der Waals surface area contributed by atoms with E-state index >= 15 is 0 Å². The van der Waals surface area contributed by atoms with Gasteiger partial charge in [-0.1, -0.05) is 217 Å². The minimum Gasteiger partial charge on any atom is -0.328 e. The summed E-state index contributed by atoms with van der Waals surface area (Å²) in [7, 11) is 0. The van der Waals surface area contributed by atoms with E-state index in [0.29, 0.717) is 11.8 Å². The van der Waals surface area contributed by atoms with Gasteiger partial charge in [-0.25, -0.2) is 0 Å². The van der Waals surface area contributed by atoms with Gasteiger partial charge in [-0.15, -0.1) is 0 Å². The molecule has 4 unspecified atom stereocenters. The van der Waals surface area contributed by atoms with E-state index in [0.717, 1.165) is 0 Å². The van der Waals surface area contributed by atoms with E-state index in [2.05, 4.69) is 245 Å². The summed E-state index contributed by atoms with van der Waals surface area (Å²) < 4.78 is 0. The lowest BCUT2D eigenvalue weighted by Crippen LogP contribution is -2.63. The van der Waals surface area contributed by atoms with E-state index in [-0.39, 0.29) is 5.41 Å². The van der Waals surface area contributed by atoms with Crippen LogP contribution in [0.4, 0.5) is 22.7 Å². The molecule has 0 aromatic heterocycles. The Hall–Kier alpha value is -7.16. The van der Waals surface area contributed by atoms with E-state index in [1.54, 1.807) is 5.57 Å². The molecule has 2 saturated carbocycles. The zero-order valence-electron chi connectivity index (χ0n) is 46.1. The quantitative estimate of drug-likeness (QED) is 0.153. The summed E-state index contributed by atoms with van der Waals surface area (Å²) in [5, 5.41) is 2.83. The van der Waals surface area contributed by atoms with Crippen LogP contribution in [0.3, 0.4) is 0 Å². The molecular formula is C75H72N2. The number of hydrogen-bond donors (Lipinski definition) is 0. The molecule has 0 amide bonds. The molecule has 2 nitrogen and oxygen atoms in total. The summed E-state index contributed by atoms with van der Waals surface area (Å²) in [6.07, 6.45) is 18.7. The highest BCUT2D eigenvalue weighted by molar-refractivity contribution is 6.07. The van der Waals surface area contributed by atoms with Gasteiger partial charge in [-0.3, -0.25) is 0 Å². The van der Waals surface area contributed by atoms with E-state index in [4.69, 9.17) is 0 Å². The smallest absolute Gasteiger partial charge is 0.0904 e. The van der Waals surface area contributed by atoms with Crippen molar-refractivity contribution in [1.29, 1.82) is 0 Å². The van der Waals surface area contributed by atoms with E-state index in [1.807, 2.05) is 0 Å². The highest BCUT2D eigenvalue weighted by atomic mass is 15.3. The fraction of sp³-hybridized carbons (Fsp3) is 0.307. The largest absolute Gasteiger partial charge is 0.328 e. The molecule has 4 atom stereocenters. The van der Waals surface area contributed by atoms with Crippen molar-refractivity contribution in [1.82, 2.24) is 0 Å². The molecule has 0 N–H and O–H groups in total. The second-order valence-electron chi connectivity index (χ2n) is 25.4. The first-order valence-electron chi connectivity index (χ1n) is 29.4. The van der Waals surface area contributed by atoms with E-state index in [9.17, 15) is 0 Å². The lowest BCUT2D eigenvalue weighted by Gasteiger charge is -2.65. The van der Waals surface area contributed by atoms with Crippen molar-refractivity contribution in [2.45, 2.75) is 139 Å². The lowest BCUT2D eigenvalue weighted by atomic mass is 9.45. The van der Waals surface area contributed by atoms with E-state index in [1.165, 1.54) is 170 Å². The standard InChI is InChI=1S/C75H72N2/c1-71(2)63-35-20-18-33-60(63)64-48-73(4)69-70(74(64,71)5)75(6)65(61-34-19-21-36-66(61)77(75)57-30-22-29-55(45-57)50-25-12-8-13-26-50)47-72(69,3)68-59-32-17-16-31-58(59)62(54-27-14-9-15-28-54)46-67(68)76(73)56-43-41-53(42-44-56)52-39-37-51(38-40-52)49-23-10-7-11-24-49/h8,12-13,16-22,25-26,29-49,54H,7,9-11,14-15,23-24,27-28H2,1-6H3. The molecule has 2 aliphatic heterocycles. The van der Waals surface area contributed by atoms with Gasteiger partial charge in [0.05, 0.1) is 11.1 Å². The molecule has 0 saturated heterocycles. The molecular weight excluding hydrogens is 929 g/mol. The van der Waals surface area contributed by atoms with Crippen LogP contribution in [-0.2, 0) is 10.8 Å². The van der Waals surface area contributed by atoms with Crippen molar-refractivity contribution in [2.24, 2.45) is 5.41 Å². The maximum atomic E-state index is 2.85. The van der Waals surface area contributed by atoms with Gasteiger partial charge < -0.3 is 9.80 Å². The van der Waals surface area contributed by atoms with Gasteiger partial charge in [0.25, 0.3) is 0 Å². The maximum absolute atomic E-state index is 2.85. The first-order valence-corrected chi connectivity index (χ1v) is 29.4. The SMILES string of the molecule is CC12C=C3c4ccccc4N(c4cccc(-c5ccccc5)c4)C3(C)C3=C1C(C)(C=C1c4ccccc4C(C)(C)C13C)N(c1ccc(-c3ccc(C4CCCCC4)cc3)cc1)c1cc(C3CCCCC3)c3ccccc3c12. The van der Waals surface area contributed by atoms with Gasteiger partial charge in [-0.05, 0) is 178 Å². The number of anilines is 4. The molecule has 15 rings (SSSR count). The minimum atomic E-state index is -0.591. The molecule has 5 aliphatic carbocycles. The Morgan fingerprint density at radius 1 is 0.416 bits per heavy atom. The zero-order chi connectivity index (χ0) is 52.1. The summed E-state index contributed by atoms with van der Waals surface area (Å²) in [5.74, 6) is 1.22. The molecule has 0 radical (unpaired) electrons. The van der Waals surface area contributed by atoms with Gasteiger partial charge in [-0.2, -0.15) is 0 Å². The molecule has 2 fully saturated rings. The number of rotatable bonds is 6. The topological polar surface area (TPSA) is 6.48 Å². The third kappa shape index (κ3) is 6.42. The second-order valence-corrected chi connectivity index (χ2v) is 25.4. The van der Waals surface area contributed by atoms with Crippen molar-refractivity contribution >= 4 is 44.7 Å². The van der Waals surface area contributed by atoms with Crippen LogP contribution < -0.4 is 9.80 Å². The summed E-state index contributed by atoms with van der Waals surface area (Å²) in [4.78, 5) is 5.62. The van der Waals surface area contributed by atoms with Gasteiger partial charge in [0.1, 0.15) is 0 Å². The Labute approximate surface area is 457 Å². The number of nitrogens with zero attached hydrogens (tertiary/aromatic N) is 2. The Balaban J connectivity index is 1.04. The Bertz CT molecular complexity index is 3800. The first kappa shape index (κ1) is 47.1. The predicted octanol–water partition coefficient (Wildman–Crippen LogP) is 20.1. The van der Waals surface area contributed by atoms with Gasteiger partial charge in [0.15, 0.2) is 0 Å². The van der Waals surface area contributed by atoms with Crippen molar-refractivity contribution < 1.29 is 0 Å². The number of fused-ring (bicyclic) bond motifs is 12. The Morgan fingerprint density at radius 3 is 1.74 bits per heavy atom.